The standard InChI is InChI=1S/C18H23NO7/c1-19-9-13(20)17(21)11-4-6-14(16(8-11)23-2)25-10-12-5-7-15(26-12)18(22)24-3/h4-8,13,17,19-21H,9-10H2,1-3H3. The Hall–Kier alpha value is -2.55. The van der Waals surface area contributed by atoms with Gasteiger partial charge in [0.1, 0.15) is 18.5 Å². The summed E-state index contributed by atoms with van der Waals surface area (Å²) in [6.45, 7) is 0.334. The summed E-state index contributed by atoms with van der Waals surface area (Å²) < 4.78 is 20.9. The Morgan fingerprint density at radius 2 is 1.96 bits per heavy atom. The number of furan rings is 1. The number of methoxy groups -OCH3 is 2. The average molecular weight is 365 g/mol. The van der Waals surface area contributed by atoms with E-state index in [0.717, 1.165) is 0 Å². The Labute approximate surface area is 151 Å². The second-order valence-electron chi connectivity index (χ2n) is 5.53. The fourth-order valence-corrected chi connectivity index (χ4v) is 2.34. The molecule has 2 aromatic rings. The van der Waals surface area contributed by atoms with Gasteiger partial charge in [0.15, 0.2) is 11.5 Å². The summed E-state index contributed by atoms with van der Waals surface area (Å²) in [6.07, 6.45) is -2.01. The van der Waals surface area contributed by atoms with Crippen molar-refractivity contribution in [3.05, 3.63) is 47.4 Å². The molecule has 0 saturated heterocycles. The van der Waals surface area contributed by atoms with Gasteiger partial charge >= 0.3 is 5.97 Å². The number of nitrogens with one attached hydrogen (secondary N) is 1. The predicted molar refractivity (Wildman–Crippen MR) is 92.3 cm³/mol. The molecule has 2 rings (SSSR count). The van der Waals surface area contributed by atoms with Crippen LogP contribution in [0.1, 0.15) is 28.0 Å². The normalized spacial score (nSPS) is 13.1. The third-order valence-electron chi connectivity index (χ3n) is 3.73. The van der Waals surface area contributed by atoms with Gasteiger partial charge in [-0.25, -0.2) is 4.79 Å². The Bertz CT molecular complexity index is 728. The maximum atomic E-state index is 11.4. The first kappa shape index (κ1) is 19.8. The van der Waals surface area contributed by atoms with Crippen molar-refractivity contribution in [3.63, 3.8) is 0 Å². The zero-order valence-corrected chi connectivity index (χ0v) is 14.9. The van der Waals surface area contributed by atoms with Crippen LogP contribution in [0.5, 0.6) is 11.5 Å². The smallest absolute Gasteiger partial charge is 0.373 e. The first-order chi connectivity index (χ1) is 12.5. The first-order valence-corrected chi connectivity index (χ1v) is 7.98. The van der Waals surface area contributed by atoms with Crippen molar-refractivity contribution in [2.24, 2.45) is 0 Å². The number of likely N-dealkylation sites (N-methyl/N-ethyl adjacent to an activating group) is 1. The van der Waals surface area contributed by atoms with E-state index in [1.165, 1.54) is 20.3 Å². The number of rotatable bonds is 9. The molecule has 142 valence electrons. The lowest BCUT2D eigenvalue weighted by Crippen LogP contribution is -2.29. The second kappa shape index (κ2) is 9.23. The fraction of sp³-hybridized carbons (Fsp3) is 0.389. The van der Waals surface area contributed by atoms with Crippen LogP contribution in [0, 0.1) is 0 Å². The summed E-state index contributed by atoms with van der Waals surface area (Å²) in [7, 11) is 4.44. The van der Waals surface area contributed by atoms with E-state index in [1.807, 2.05) is 0 Å². The summed E-state index contributed by atoms with van der Waals surface area (Å²) in [5.74, 6) is 0.809. The van der Waals surface area contributed by atoms with E-state index in [-0.39, 0.29) is 18.9 Å². The van der Waals surface area contributed by atoms with Gasteiger partial charge in [0.25, 0.3) is 0 Å². The maximum Gasteiger partial charge on any atom is 0.373 e. The third-order valence-corrected chi connectivity index (χ3v) is 3.73. The molecule has 0 aliphatic rings. The molecule has 26 heavy (non-hydrogen) atoms. The molecule has 0 saturated carbocycles. The van der Waals surface area contributed by atoms with Crippen molar-refractivity contribution >= 4 is 5.97 Å². The molecule has 0 spiro atoms. The molecule has 1 aromatic carbocycles. The molecule has 0 aliphatic carbocycles. The summed E-state index contributed by atoms with van der Waals surface area (Å²) in [4.78, 5) is 11.4. The summed E-state index contributed by atoms with van der Waals surface area (Å²) in [5, 5.41) is 22.9. The largest absolute Gasteiger partial charge is 0.493 e. The lowest BCUT2D eigenvalue weighted by atomic mass is 10.0. The highest BCUT2D eigenvalue weighted by Gasteiger charge is 2.19. The molecule has 2 unspecified atom stereocenters. The summed E-state index contributed by atoms with van der Waals surface area (Å²) >= 11 is 0. The molecular weight excluding hydrogens is 342 g/mol. The highest BCUT2D eigenvalue weighted by Crippen LogP contribution is 2.32. The zero-order chi connectivity index (χ0) is 19.1. The zero-order valence-electron chi connectivity index (χ0n) is 14.9. The van der Waals surface area contributed by atoms with Crippen molar-refractivity contribution in [1.29, 1.82) is 0 Å². The molecule has 0 fully saturated rings. The van der Waals surface area contributed by atoms with Gasteiger partial charge in [0.05, 0.1) is 20.3 Å². The van der Waals surface area contributed by atoms with E-state index in [2.05, 4.69) is 10.1 Å². The van der Waals surface area contributed by atoms with Crippen LogP contribution in [0.2, 0.25) is 0 Å². The van der Waals surface area contributed by atoms with Crippen LogP contribution >= 0.6 is 0 Å². The molecule has 2 atom stereocenters. The van der Waals surface area contributed by atoms with E-state index in [1.54, 1.807) is 31.3 Å². The molecule has 0 amide bonds. The monoisotopic (exact) mass is 365 g/mol. The molecule has 0 aliphatic heterocycles. The van der Waals surface area contributed by atoms with E-state index in [9.17, 15) is 15.0 Å². The van der Waals surface area contributed by atoms with Crippen molar-refractivity contribution < 1.29 is 33.6 Å². The van der Waals surface area contributed by atoms with Gasteiger partial charge in [-0.2, -0.15) is 0 Å². The fourth-order valence-electron chi connectivity index (χ4n) is 2.34. The quantitative estimate of drug-likeness (QED) is 0.570. The molecule has 8 nitrogen and oxygen atoms in total. The van der Waals surface area contributed by atoms with Gasteiger partial charge in [-0.3, -0.25) is 0 Å². The number of benzene rings is 1. The van der Waals surface area contributed by atoms with Crippen LogP contribution in [-0.4, -0.2) is 50.1 Å². The van der Waals surface area contributed by atoms with Gasteiger partial charge in [-0.05, 0) is 36.9 Å². The Morgan fingerprint density at radius 1 is 1.19 bits per heavy atom. The SMILES string of the molecule is CNCC(O)C(O)c1ccc(OCc2ccc(C(=O)OC)o2)c(OC)c1. The molecule has 1 aromatic heterocycles. The van der Waals surface area contributed by atoms with E-state index in [0.29, 0.717) is 22.8 Å². The van der Waals surface area contributed by atoms with E-state index in [4.69, 9.17) is 13.9 Å². The van der Waals surface area contributed by atoms with Crippen molar-refractivity contribution in [2.45, 2.75) is 18.8 Å². The van der Waals surface area contributed by atoms with Gasteiger partial charge in [-0.1, -0.05) is 6.07 Å². The number of hydrogen-bond donors (Lipinski definition) is 3. The van der Waals surface area contributed by atoms with Crippen molar-refractivity contribution in [3.8, 4) is 11.5 Å². The maximum absolute atomic E-state index is 11.4. The van der Waals surface area contributed by atoms with Crippen molar-refractivity contribution in [2.75, 3.05) is 27.8 Å². The minimum absolute atomic E-state index is 0.0810. The number of carbonyl (C=O) groups is 1. The molecular formula is C18H23NO7. The van der Waals surface area contributed by atoms with Gasteiger partial charge in [0, 0.05) is 6.54 Å². The van der Waals surface area contributed by atoms with Crippen LogP contribution in [0.3, 0.4) is 0 Å². The van der Waals surface area contributed by atoms with Crippen LogP contribution < -0.4 is 14.8 Å². The Morgan fingerprint density at radius 3 is 2.62 bits per heavy atom. The number of hydrogen-bond acceptors (Lipinski definition) is 8. The van der Waals surface area contributed by atoms with Gasteiger partial charge in [-0.15, -0.1) is 0 Å². The van der Waals surface area contributed by atoms with E-state index >= 15 is 0 Å². The van der Waals surface area contributed by atoms with Crippen molar-refractivity contribution in [1.82, 2.24) is 5.32 Å². The molecule has 0 radical (unpaired) electrons. The Balaban J connectivity index is 2.07. The molecule has 1 heterocycles. The lowest BCUT2D eigenvalue weighted by Gasteiger charge is -2.19. The molecule has 0 bridgehead atoms. The minimum Gasteiger partial charge on any atom is -0.493 e. The number of esters is 1. The second-order valence-corrected chi connectivity index (χ2v) is 5.53. The number of ether oxygens (including phenoxy) is 3. The number of aliphatic hydroxyl groups is 2. The topological polar surface area (TPSA) is 110 Å². The third kappa shape index (κ3) is 4.75. The van der Waals surface area contributed by atoms with Crippen LogP contribution in [-0.2, 0) is 11.3 Å². The summed E-state index contributed by atoms with van der Waals surface area (Å²) in [6, 6.07) is 7.99. The van der Waals surface area contributed by atoms with Gasteiger partial charge in [0.2, 0.25) is 5.76 Å². The van der Waals surface area contributed by atoms with Crippen LogP contribution in [0.4, 0.5) is 0 Å². The highest BCUT2D eigenvalue weighted by molar-refractivity contribution is 5.86. The average Bonchev–Trinajstić information content (AvgIpc) is 3.14. The molecule has 8 heteroatoms. The number of carbonyl (C=O) groups excluding carboxylic acids is 1. The van der Waals surface area contributed by atoms with Crippen LogP contribution in [0.25, 0.3) is 0 Å². The van der Waals surface area contributed by atoms with Crippen LogP contribution in [0.15, 0.2) is 34.7 Å². The highest BCUT2D eigenvalue weighted by atomic mass is 16.5. The predicted octanol–water partition coefficient (Wildman–Crippen LogP) is 1.27. The van der Waals surface area contributed by atoms with Gasteiger partial charge < -0.3 is 34.2 Å². The lowest BCUT2D eigenvalue weighted by molar-refractivity contribution is 0.0201. The Kier molecular flexibility index (Phi) is 7.02. The number of aliphatic hydroxyl groups excluding tert-OH is 2. The first-order valence-electron chi connectivity index (χ1n) is 7.98. The van der Waals surface area contributed by atoms with E-state index < -0.39 is 18.2 Å². The minimum atomic E-state index is -1.06. The summed E-state index contributed by atoms with van der Waals surface area (Å²) in [5.41, 5.74) is 0.503. The molecule has 3 N–H and O–H groups in total.